The first-order valence-electron chi connectivity index (χ1n) is 3.43. The molecule has 0 unspecified atom stereocenters. The van der Waals surface area contributed by atoms with E-state index in [4.69, 9.17) is 5.26 Å². The number of aromatic amines is 1. The maximum absolute atomic E-state index is 8.34. The molecule has 0 saturated heterocycles. The molecule has 0 radical (unpaired) electrons. The van der Waals surface area contributed by atoms with E-state index in [0.717, 1.165) is 0 Å². The van der Waals surface area contributed by atoms with Crippen LogP contribution in [0.3, 0.4) is 0 Å². The Bertz CT molecular complexity index is 457. The number of nitrogens with one attached hydrogen (secondary N) is 1. The van der Waals surface area contributed by atoms with Gasteiger partial charge in [-0.05, 0) is 0 Å². The fourth-order valence-electron chi connectivity index (χ4n) is 0.805. The van der Waals surface area contributed by atoms with Crippen LogP contribution in [-0.4, -0.2) is 31.1 Å². The second-order valence-electron chi connectivity index (χ2n) is 2.13. The standard InChI is InChI=1S/C6H4N6S/c7-1-2-13-6-8-3-4-5(9-6)11-12-10-4/h3H,2H2,(H,8,9,10,11,12). The van der Waals surface area contributed by atoms with Crippen molar-refractivity contribution in [3.8, 4) is 6.07 Å². The lowest BCUT2D eigenvalue weighted by molar-refractivity contribution is 0.946. The zero-order valence-electron chi connectivity index (χ0n) is 6.43. The van der Waals surface area contributed by atoms with Crippen LogP contribution in [0.4, 0.5) is 0 Å². The molecule has 0 atom stereocenters. The summed E-state index contributed by atoms with van der Waals surface area (Å²) in [6.45, 7) is 0. The number of rotatable bonds is 2. The fraction of sp³-hybridized carbons (Fsp3) is 0.167. The van der Waals surface area contributed by atoms with E-state index in [9.17, 15) is 0 Å². The Morgan fingerprint density at radius 3 is 3.31 bits per heavy atom. The average molecular weight is 192 g/mol. The van der Waals surface area contributed by atoms with Gasteiger partial charge in [-0.3, -0.25) is 0 Å². The molecule has 0 amide bonds. The smallest absolute Gasteiger partial charge is 0.205 e. The second-order valence-corrected chi connectivity index (χ2v) is 3.07. The molecule has 0 aromatic carbocycles. The molecule has 2 heterocycles. The monoisotopic (exact) mass is 192 g/mol. The zero-order valence-corrected chi connectivity index (χ0v) is 7.25. The Morgan fingerprint density at radius 1 is 1.54 bits per heavy atom. The number of H-pyrrole nitrogens is 1. The van der Waals surface area contributed by atoms with Gasteiger partial charge < -0.3 is 0 Å². The number of thioether (sulfide) groups is 1. The number of hydrogen-bond donors (Lipinski definition) is 1. The minimum atomic E-state index is 0.337. The van der Waals surface area contributed by atoms with Gasteiger partial charge >= 0.3 is 0 Å². The molecular weight excluding hydrogens is 188 g/mol. The minimum Gasteiger partial charge on any atom is -0.229 e. The summed E-state index contributed by atoms with van der Waals surface area (Å²) in [4.78, 5) is 8.06. The maximum Gasteiger partial charge on any atom is 0.205 e. The van der Waals surface area contributed by atoms with Crippen LogP contribution in [0.1, 0.15) is 0 Å². The molecule has 0 fully saturated rings. The molecule has 0 bridgehead atoms. The first-order valence-corrected chi connectivity index (χ1v) is 4.42. The van der Waals surface area contributed by atoms with Crippen LogP contribution in [0.5, 0.6) is 0 Å². The van der Waals surface area contributed by atoms with Crippen molar-refractivity contribution in [1.82, 2.24) is 25.4 Å². The van der Waals surface area contributed by atoms with E-state index in [0.29, 0.717) is 22.1 Å². The van der Waals surface area contributed by atoms with Crippen LogP contribution < -0.4 is 0 Å². The van der Waals surface area contributed by atoms with Gasteiger partial charge in [0.1, 0.15) is 5.52 Å². The van der Waals surface area contributed by atoms with Crippen LogP contribution in [0.2, 0.25) is 0 Å². The average Bonchev–Trinajstić information content (AvgIpc) is 2.61. The highest BCUT2D eigenvalue weighted by molar-refractivity contribution is 7.99. The molecule has 2 aromatic rings. The van der Waals surface area contributed by atoms with Crippen LogP contribution in [-0.2, 0) is 0 Å². The normalized spacial score (nSPS) is 10.1. The predicted molar refractivity (Wildman–Crippen MR) is 45.8 cm³/mol. The molecule has 0 aliphatic carbocycles. The quantitative estimate of drug-likeness (QED) is 0.545. The SMILES string of the molecule is N#CCSc1ncc2n[nH]nc2n1. The van der Waals surface area contributed by atoms with Gasteiger partial charge in [-0.25, -0.2) is 4.98 Å². The highest BCUT2D eigenvalue weighted by atomic mass is 32.2. The van der Waals surface area contributed by atoms with Gasteiger partial charge in [0.2, 0.25) is 5.65 Å². The first-order chi connectivity index (χ1) is 6.40. The third-order valence-electron chi connectivity index (χ3n) is 1.32. The molecule has 7 heteroatoms. The molecule has 2 aromatic heterocycles. The summed E-state index contributed by atoms with van der Waals surface area (Å²) < 4.78 is 0. The molecule has 1 N–H and O–H groups in total. The van der Waals surface area contributed by atoms with Crippen molar-refractivity contribution in [3.05, 3.63) is 6.20 Å². The van der Waals surface area contributed by atoms with Crippen LogP contribution >= 0.6 is 11.8 Å². The molecule has 0 saturated carbocycles. The Labute approximate surface area is 77.4 Å². The molecule has 0 spiro atoms. The summed E-state index contributed by atoms with van der Waals surface area (Å²) in [5, 5.41) is 18.9. The zero-order chi connectivity index (χ0) is 9.10. The largest absolute Gasteiger partial charge is 0.229 e. The van der Waals surface area contributed by atoms with Gasteiger partial charge in [0.25, 0.3) is 0 Å². The lowest BCUT2D eigenvalue weighted by atomic mass is 10.6. The van der Waals surface area contributed by atoms with Crippen LogP contribution in [0, 0.1) is 11.3 Å². The summed E-state index contributed by atoms with van der Waals surface area (Å²) in [5.74, 6) is 0.337. The van der Waals surface area contributed by atoms with Gasteiger partial charge in [0.15, 0.2) is 5.16 Å². The number of nitrogens with zero attached hydrogens (tertiary/aromatic N) is 5. The topological polar surface area (TPSA) is 91.1 Å². The lowest BCUT2D eigenvalue weighted by Crippen LogP contribution is -1.87. The number of aromatic nitrogens is 5. The van der Waals surface area contributed by atoms with E-state index in [2.05, 4.69) is 25.4 Å². The number of hydrogen-bond acceptors (Lipinski definition) is 6. The van der Waals surface area contributed by atoms with Crippen molar-refractivity contribution < 1.29 is 0 Å². The summed E-state index contributed by atoms with van der Waals surface area (Å²) >= 11 is 1.27. The van der Waals surface area contributed by atoms with Gasteiger partial charge in [0.05, 0.1) is 18.0 Å². The fourth-order valence-corrected chi connectivity index (χ4v) is 1.28. The van der Waals surface area contributed by atoms with E-state index in [1.807, 2.05) is 6.07 Å². The summed E-state index contributed by atoms with van der Waals surface area (Å²) in [5.41, 5.74) is 1.15. The number of fused-ring (bicyclic) bond motifs is 1. The Morgan fingerprint density at radius 2 is 2.46 bits per heavy atom. The Hall–Kier alpha value is -1.68. The van der Waals surface area contributed by atoms with E-state index < -0.39 is 0 Å². The van der Waals surface area contributed by atoms with Gasteiger partial charge in [-0.15, -0.1) is 5.10 Å². The van der Waals surface area contributed by atoms with E-state index in [1.54, 1.807) is 6.20 Å². The summed E-state index contributed by atoms with van der Waals surface area (Å²) in [7, 11) is 0. The molecule has 0 aliphatic rings. The molecular formula is C6H4N6S. The van der Waals surface area contributed by atoms with Gasteiger partial charge in [-0.1, -0.05) is 11.8 Å². The molecule has 6 nitrogen and oxygen atoms in total. The van der Waals surface area contributed by atoms with Gasteiger partial charge in [0, 0.05) is 0 Å². The third-order valence-corrected chi connectivity index (χ3v) is 2.05. The van der Waals surface area contributed by atoms with Crippen LogP contribution in [0.25, 0.3) is 11.2 Å². The van der Waals surface area contributed by atoms with Crippen molar-refractivity contribution in [1.29, 1.82) is 5.26 Å². The van der Waals surface area contributed by atoms with Crippen LogP contribution in [0.15, 0.2) is 11.4 Å². The molecule has 0 aliphatic heterocycles. The second kappa shape index (κ2) is 3.37. The highest BCUT2D eigenvalue weighted by Crippen LogP contribution is 2.13. The minimum absolute atomic E-state index is 0.337. The molecule has 2 rings (SSSR count). The van der Waals surface area contributed by atoms with E-state index >= 15 is 0 Å². The summed E-state index contributed by atoms with van der Waals surface area (Å²) in [6.07, 6.45) is 1.57. The lowest BCUT2D eigenvalue weighted by Gasteiger charge is -1.91. The number of nitriles is 1. The predicted octanol–water partition coefficient (Wildman–Crippen LogP) is 0.364. The van der Waals surface area contributed by atoms with E-state index in [1.165, 1.54) is 11.8 Å². The molecule has 13 heavy (non-hydrogen) atoms. The Kier molecular flexibility index (Phi) is 2.06. The maximum atomic E-state index is 8.34. The van der Waals surface area contributed by atoms with Crippen molar-refractivity contribution in [2.45, 2.75) is 5.16 Å². The Balaban J connectivity index is 2.33. The van der Waals surface area contributed by atoms with Crippen molar-refractivity contribution >= 4 is 22.9 Å². The van der Waals surface area contributed by atoms with Crippen molar-refractivity contribution in [2.75, 3.05) is 5.75 Å². The first kappa shape index (κ1) is 7.94. The van der Waals surface area contributed by atoms with Gasteiger partial charge in [-0.2, -0.15) is 20.6 Å². The van der Waals surface area contributed by atoms with Crippen molar-refractivity contribution in [2.24, 2.45) is 0 Å². The van der Waals surface area contributed by atoms with E-state index in [-0.39, 0.29) is 0 Å². The molecule has 64 valence electrons. The highest BCUT2D eigenvalue weighted by Gasteiger charge is 2.02. The summed E-state index contributed by atoms with van der Waals surface area (Å²) in [6, 6.07) is 2.00. The third kappa shape index (κ3) is 1.57. The van der Waals surface area contributed by atoms with Crippen molar-refractivity contribution in [3.63, 3.8) is 0 Å².